The lowest BCUT2D eigenvalue weighted by molar-refractivity contribution is -0.112. The number of anilines is 4. The summed E-state index contributed by atoms with van der Waals surface area (Å²) in [5.41, 5.74) is 2.66. The molecule has 0 bridgehead atoms. The lowest BCUT2D eigenvalue weighted by Crippen LogP contribution is -2.30. The van der Waals surface area contributed by atoms with E-state index in [1.165, 1.54) is 18.2 Å². The van der Waals surface area contributed by atoms with Crippen molar-refractivity contribution in [1.29, 1.82) is 5.41 Å². The maximum absolute atomic E-state index is 13.2. The van der Waals surface area contributed by atoms with Crippen LogP contribution in [0.3, 0.4) is 0 Å². The summed E-state index contributed by atoms with van der Waals surface area (Å²) >= 11 is 3.01. The molecule has 50 heavy (non-hydrogen) atoms. The van der Waals surface area contributed by atoms with Gasteiger partial charge in [-0.3, -0.25) is 29.4 Å². The van der Waals surface area contributed by atoms with Crippen molar-refractivity contribution in [1.82, 2.24) is 28.5 Å². The summed E-state index contributed by atoms with van der Waals surface area (Å²) in [4.78, 5) is 65.5. The van der Waals surface area contributed by atoms with Gasteiger partial charge in [-0.1, -0.05) is 6.58 Å². The van der Waals surface area contributed by atoms with Gasteiger partial charge in [0.15, 0.2) is 0 Å². The summed E-state index contributed by atoms with van der Waals surface area (Å²) < 4.78 is 6.40. The van der Waals surface area contributed by atoms with Gasteiger partial charge in [-0.2, -0.15) is 0 Å². The van der Waals surface area contributed by atoms with Crippen LogP contribution in [0, 0.1) is 5.41 Å². The van der Waals surface area contributed by atoms with Crippen LogP contribution in [-0.4, -0.2) is 79.2 Å². The van der Waals surface area contributed by atoms with Crippen molar-refractivity contribution < 1.29 is 24.0 Å². The largest absolute Gasteiger partial charge is 0.367 e. The number of amidine groups is 1. The van der Waals surface area contributed by atoms with Crippen LogP contribution in [0.25, 0.3) is 0 Å². The van der Waals surface area contributed by atoms with E-state index in [9.17, 15) is 24.0 Å². The molecule has 5 amide bonds. The predicted octanol–water partition coefficient (Wildman–Crippen LogP) is 3.73. The minimum Gasteiger partial charge on any atom is -0.367 e. The molecular formula is C32H39BrClN11O5. The molecule has 0 fully saturated rings. The van der Waals surface area contributed by atoms with Crippen LogP contribution in [0.5, 0.6) is 0 Å². The zero-order chi connectivity index (χ0) is 36.2. The molecule has 0 saturated carbocycles. The first kappa shape index (κ1) is 38.9. The van der Waals surface area contributed by atoms with Crippen molar-refractivity contribution in [2.75, 3.05) is 41.9 Å². The smallest absolute Gasteiger partial charge is 0.272 e. The van der Waals surface area contributed by atoms with Gasteiger partial charge >= 0.3 is 0 Å². The molecule has 4 rings (SSSR count). The Morgan fingerprint density at radius 1 is 0.660 bits per heavy atom. The molecule has 0 saturated heterocycles. The second-order valence-electron chi connectivity index (χ2n) is 11.5. The standard InChI is InChI=1S/C32H38BrN11O5.ClH/c1-18(33)28(45)36-19-11-24(42(5)14-19)30(47)38-21-13-26(44(7)16-21)32(49)39-22-12-25(43(6)17-22)31(48)37-20-10-23(41(4)15-20)29(46)35-9-8-27(34)40(2)3;/h10-17,34H,1,8-9H2,2-7H3,(H,35,46)(H,36,45)(H,37,48)(H,38,47)(H,39,49);1H. The molecule has 0 unspecified atom stereocenters. The number of carbonyl (C=O) groups excluding carboxylic acids is 5. The summed E-state index contributed by atoms with van der Waals surface area (Å²) in [5.74, 6) is -1.77. The van der Waals surface area contributed by atoms with Crippen molar-refractivity contribution in [2.45, 2.75) is 6.42 Å². The normalized spacial score (nSPS) is 10.5. The van der Waals surface area contributed by atoms with Crippen LogP contribution in [0.4, 0.5) is 22.7 Å². The van der Waals surface area contributed by atoms with Crippen LogP contribution >= 0.6 is 28.3 Å². The van der Waals surface area contributed by atoms with Gasteiger partial charge < -0.3 is 49.8 Å². The number of nitrogens with one attached hydrogen (secondary N) is 6. The topological polar surface area (TPSA) is 192 Å². The zero-order valence-electron chi connectivity index (χ0n) is 28.3. The fourth-order valence-corrected chi connectivity index (χ4v) is 4.93. The first-order chi connectivity index (χ1) is 23.0. The molecule has 0 aromatic carbocycles. The molecule has 4 heterocycles. The van der Waals surface area contributed by atoms with Crippen molar-refractivity contribution in [3.05, 3.63) is 82.9 Å². The van der Waals surface area contributed by atoms with Crippen molar-refractivity contribution >= 4 is 86.5 Å². The minimum atomic E-state index is -0.473. The number of aromatic nitrogens is 4. The van der Waals surface area contributed by atoms with Gasteiger partial charge in [0, 0.05) is 80.0 Å². The number of amides is 5. The second kappa shape index (κ2) is 16.2. The van der Waals surface area contributed by atoms with Gasteiger partial charge in [0.25, 0.3) is 29.5 Å². The monoisotopic (exact) mass is 771 g/mol. The van der Waals surface area contributed by atoms with Crippen LogP contribution < -0.4 is 26.6 Å². The summed E-state index contributed by atoms with van der Waals surface area (Å²) in [7, 11) is 10.2. The number of carbonyl (C=O) groups is 5. The molecule has 6 N–H and O–H groups in total. The summed E-state index contributed by atoms with van der Waals surface area (Å²) in [6.45, 7) is 3.82. The van der Waals surface area contributed by atoms with Crippen molar-refractivity contribution in [2.24, 2.45) is 28.2 Å². The Hall–Kier alpha value is -5.55. The average Bonchev–Trinajstić information content (AvgIpc) is 3.78. The lowest BCUT2D eigenvalue weighted by Gasteiger charge is -2.13. The zero-order valence-corrected chi connectivity index (χ0v) is 30.7. The Bertz CT molecular complexity index is 1980. The van der Waals surface area contributed by atoms with Crippen LogP contribution in [-0.2, 0) is 33.0 Å². The molecule has 16 nitrogen and oxygen atoms in total. The van der Waals surface area contributed by atoms with E-state index >= 15 is 0 Å². The third-order valence-electron chi connectivity index (χ3n) is 7.42. The SMILES string of the molecule is C=C(Br)C(=O)Nc1cc(C(=O)Nc2cc(C(=O)Nc3cc(C(=O)Nc4cc(C(=O)NCCC(=N)N(C)C)n(C)c4)n(C)c3)n(C)c2)n(C)c1.Cl. The van der Waals surface area contributed by atoms with Gasteiger partial charge in [0.05, 0.1) is 33.1 Å². The molecule has 0 aliphatic rings. The Labute approximate surface area is 302 Å². The third kappa shape index (κ3) is 9.32. The molecule has 0 aliphatic heterocycles. The molecule has 4 aromatic rings. The molecular weight excluding hydrogens is 734 g/mol. The van der Waals surface area contributed by atoms with E-state index in [1.807, 2.05) is 0 Å². The Kier molecular flexibility index (Phi) is 12.6. The average molecular weight is 773 g/mol. The van der Waals surface area contributed by atoms with E-state index in [4.69, 9.17) is 5.41 Å². The summed E-state index contributed by atoms with van der Waals surface area (Å²) in [5, 5.41) is 21.6. The number of hydrogen-bond acceptors (Lipinski definition) is 6. The quantitative estimate of drug-likeness (QED) is 0.0722. The van der Waals surface area contributed by atoms with E-state index < -0.39 is 23.6 Å². The molecule has 0 aliphatic carbocycles. The molecule has 0 atom stereocenters. The Morgan fingerprint density at radius 2 is 0.980 bits per heavy atom. The fourth-order valence-electron chi connectivity index (χ4n) is 4.83. The van der Waals surface area contributed by atoms with Crippen molar-refractivity contribution in [3.63, 3.8) is 0 Å². The molecule has 18 heteroatoms. The maximum atomic E-state index is 13.2. The minimum absolute atomic E-state index is 0. The maximum Gasteiger partial charge on any atom is 0.272 e. The number of rotatable bonds is 12. The van der Waals surface area contributed by atoms with Gasteiger partial charge in [0.2, 0.25) is 0 Å². The highest BCUT2D eigenvalue weighted by Crippen LogP contribution is 2.21. The van der Waals surface area contributed by atoms with E-state index in [0.717, 1.165) is 0 Å². The number of hydrogen-bond donors (Lipinski definition) is 6. The van der Waals surface area contributed by atoms with E-state index in [-0.39, 0.29) is 39.9 Å². The number of halogens is 2. The van der Waals surface area contributed by atoms with Crippen LogP contribution in [0.15, 0.2) is 60.1 Å². The predicted molar refractivity (Wildman–Crippen MR) is 198 cm³/mol. The van der Waals surface area contributed by atoms with E-state index in [0.29, 0.717) is 47.2 Å². The highest BCUT2D eigenvalue weighted by Gasteiger charge is 2.20. The first-order valence-corrected chi connectivity index (χ1v) is 15.6. The van der Waals surface area contributed by atoms with Gasteiger partial charge in [-0.15, -0.1) is 12.4 Å². The highest BCUT2D eigenvalue weighted by molar-refractivity contribution is 9.12. The van der Waals surface area contributed by atoms with Gasteiger partial charge in [-0.05, 0) is 40.2 Å². The first-order valence-electron chi connectivity index (χ1n) is 14.8. The van der Waals surface area contributed by atoms with Crippen LogP contribution in [0.2, 0.25) is 0 Å². The summed E-state index contributed by atoms with van der Waals surface area (Å²) in [6, 6.07) is 6.10. The number of aryl methyl sites for hydroxylation is 4. The van der Waals surface area contributed by atoms with Gasteiger partial charge in [-0.25, -0.2) is 0 Å². The van der Waals surface area contributed by atoms with Crippen molar-refractivity contribution in [3.8, 4) is 0 Å². The van der Waals surface area contributed by atoms with E-state index in [2.05, 4.69) is 49.1 Å². The summed E-state index contributed by atoms with van der Waals surface area (Å²) in [6.07, 6.45) is 6.75. The third-order valence-corrected chi connectivity index (χ3v) is 7.78. The number of nitrogens with zero attached hydrogens (tertiary/aromatic N) is 5. The molecule has 0 spiro atoms. The fraction of sp³-hybridized carbons (Fsp3) is 0.250. The Balaban J connectivity index is 0.00000676. The second-order valence-corrected chi connectivity index (χ2v) is 12.4. The molecule has 4 aromatic heterocycles. The molecule has 0 radical (unpaired) electrons. The molecule has 266 valence electrons. The Morgan fingerprint density at radius 3 is 1.30 bits per heavy atom. The van der Waals surface area contributed by atoms with Crippen LogP contribution in [0.1, 0.15) is 48.4 Å². The highest BCUT2D eigenvalue weighted by atomic mass is 79.9. The lowest BCUT2D eigenvalue weighted by atomic mass is 10.3. The van der Waals surface area contributed by atoms with Gasteiger partial charge in [0.1, 0.15) is 22.8 Å². The van der Waals surface area contributed by atoms with E-state index in [1.54, 1.807) is 96.3 Å².